The fourth-order valence-corrected chi connectivity index (χ4v) is 5.41. The van der Waals surface area contributed by atoms with Crippen LogP contribution in [-0.2, 0) is 18.4 Å². The molecule has 0 unspecified atom stereocenters. The van der Waals surface area contributed by atoms with E-state index in [1.165, 1.54) is 10.6 Å². The average molecular weight is 593 g/mol. The van der Waals surface area contributed by atoms with Crippen molar-refractivity contribution in [3.63, 3.8) is 0 Å². The van der Waals surface area contributed by atoms with E-state index in [0.717, 1.165) is 0 Å². The molecule has 6 rings (SSSR count). The number of primary amides is 1. The van der Waals surface area contributed by atoms with E-state index in [1.54, 1.807) is 46.7 Å². The van der Waals surface area contributed by atoms with Crippen molar-refractivity contribution in [1.82, 2.24) is 33.9 Å². The molecule has 1 aromatic carbocycles. The number of piperazine rings is 1. The Kier molecular flexibility index (Phi) is 7.73. The molecule has 0 aliphatic carbocycles. The number of benzene rings is 1. The van der Waals surface area contributed by atoms with Gasteiger partial charge in [-0.05, 0) is 30.3 Å². The first kappa shape index (κ1) is 28.2. The van der Waals surface area contributed by atoms with E-state index in [4.69, 9.17) is 20.6 Å². The third kappa shape index (κ3) is 5.63. The zero-order valence-electron chi connectivity index (χ0n) is 23.7. The molecule has 1 aliphatic heterocycles. The van der Waals surface area contributed by atoms with Crippen LogP contribution in [-0.4, -0.2) is 87.0 Å². The lowest BCUT2D eigenvalue weighted by molar-refractivity contribution is -0.117. The monoisotopic (exact) mass is 592 g/mol. The number of aromatic nitrogens is 5. The van der Waals surface area contributed by atoms with Gasteiger partial charge in [0.2, 0.25) is 11.9 Å². The van der Waals surface area contributed by atoms with Gasteiger partial charge in [-0.3, -0.25) is 18.8 Å². The first-order valence-electron chi connectivity index (χ1n) is 14.0. The van der Waals surface area contributed by atoms with Gasteiger partial charge >= 0.3 is 5.69 Å². The van der Waals surface area contributed by atoms with Crippen molar-refractivity contribution in [2.45, 2.75) is 6.54 Å². The number of hydrogen-bond donors (Lipinski definition) is 3. The molecule has 0 spiro atoms. The van der Waals surface area contributed by atoms with Crippen LogP contribution in [0.5, 0.6) is 5.75 Å². The number of furan rings is 1. The van der Waals surface area contributed by atoms with Gasteiger partial charge in [0, 0.05) is 58.9 Å². The maximum atomic E-state index is 14.9. The second-order valence-electron chi connectivity index (χ2n) is 10.4. The van der Waals surface area contributed by atoms with Crippen LogP contribution in [0.2, 0.25) is 0 Å². The molecule has 0 saturated carbocycles. The number of fused-ring (bicyclic) bond motifs is 3. The Morgan fingerprint density at radius 3 is 2.70 bits per heavy atom. The van der Waals surface area contributed by atoms with Crippen LogP contribution in [0.3, 0.4) is 0 Å². The quantitative estimate of drug-likeness (QED) is 0.185. The summed E-state index contributed by atoms with van der Waals surface area (Å²) in [6.45, 7) is 4.49. The highest BCUT2D eigenvalue weighted by Gasteiger charge is 2.23. The lowest BCUT2D eigenvalue weighted by Gasteiger charge is -2.36. The van der Waals surface area contributed by atoms with Gasteiger partial charge in [0.1, 0.15) is 29.4 Å². The average Bonchev–Trinajstić information content (AvgIpc) is 3.72. The molecule has 14 nitrogen and oxygen atoms in total. The zero-order valence-corrected chi connectivity index (χ0v) is 23.7. The van der Waals surface area contributed by atoms with Crippen molar-refractivity contribution in [2.24, 2.45) is 12.8 Å². The normalized spacial score (nSPS) is 14.2. The highest BCUT2D eigenvalue weighted by Crippen LogP contribution is 2.27. The summed E-state index contributed by atoms with van der Waals surface area (Å²) < 4.78 is 30.7. The third-order valence-corrected chi connectivity index (χ3v) is 7.60. The van der Waals surface area contributed by atoms with Gasteiger partial charge in [-0.1, -0.05) is 0 Å². The molecule has 1 fully saturated rings. The Labute approximate surface area is 245 Å². The van der Waals surface area contributed by atoms with Gasteiger partial charge in [-0.2, -0.15) is 14.6 Å². The number of amides is 1. The van der Waals surface area contributed by atoms with Gasteiger partial charge in [-0.25, -0.2) is 9.18 Å². The van der Waals surface area contributed by atoms with Gasteiger partial charge in [0.15, 0.2) is 11.4 Å². The number of halogens is 1. The number of carbonyl (C=O) groups excluding carboxylic acids is 1. The highest BCUT2D eigenvalue weighted by molar-refractivity contribution is 5.91. The Bertz CT molecular complexity index is 1820. The minimum absolute atomic E-state index is 0.0653. The van der Waals surface area contributed by atoms with Crippen LogP contribution < -0.4 is 32.1 Å². The first-order valence-corrected chi connectivity index (χ1v) is 14.0. The zero-order chi connectivity index (χ0) is 30.1. The number of ether oxygens (including phenoxy) is 1. The predicted molar refractivity (Wildman–Crippen MR) is 158 cm³/mol. The molecule has 1 saturated heterocycles. The standard InChI is InChI=1S/C28H33FN10O4/c1-35-25-22-16-20(23-3-2-13-43-23)34-39(22)27(31)33-26(25)38(28(35)41)12-9-36-7-10-37(11-8-36)21-5-4-18(15-19(21)29)42-14-6-32-17-24(30)40/h2-5,13,15-16,32H,6-12,14,17H2,1H3,(H2,30,40)(H2,31,33). The molecule has 5 aromatic rings. The van der Waals surface area contributed by atoms with E-state index < -0.39 is 5.91 Å². The van der Waals surface area contributed by atoms with E-state index in [-0.39, 0.29) is 30.6 Å². The Morgan fingerprint density at radius 2 is 1.98 bits per heavy atom. The summed E-state index contributed by atoms with van der Waals surface area (Å²) in [5.74, 6) is 0.378. The molecular weight excluding hydrogens is 559 g/mol. The van der Waals surface area contributed by atoms with Crippen LogP contribution in [0.1, 0.15) is 0 Å². The van der Waals surface area contributed by atoms with Gasteiger partial charge in [0.25, 0.3) is 0 Å². The number of nitrogens with zero attached hydrogens (tertiary/aromatic N) is 7. The van der Waals surface area contributed by atoms with Crippen LogP contribution in [0.4, 0.5) is 16.0 Å². The van der Waals surface area contributed by atoms with E-state index >= 15 is 0 Å². The van der Waals surface area contributed by atoms with Crippen molar-refractivity contribution >= 4 is 34.2 Å². The maximum Gasteiger partial charge on any atom is 0.330 e. The van der Waals surface area contributed by atoms with Crippen molar-refractivity contribution < 1.29 is 18.3 Å². The summed E-state index contributed by atoms with van der Waals surface area (Å²) in [6.07, 6.45) is 1.57. The van der Waals surface area contributed by atoms with Crippen molar-refractivity contribution in [1.29, 1.82) is 0 Å². The van der Waals surface area contributed by atoms with Crippen molar-refractivity contribution in [3.8, 4) is 17.2 Å². The molecule has 0 radical (unpaired) electrons. The number of nitrogens with one attached hydrogen (secondary N) is 1. The van der Waals surface area contributed by atoms with E-state index in [2.05, 4.69) is 20.3 Å². The van der Waals surface area contributed by atoms with E-state index in [1.807, 2.05) is 11.0 Å². The van der Waals surface area contributed by atoms with Crippen LogP contribution in [0, 0.1) is 5.82 Å². The molecular formula is C28H33FN10O4. The fourth-order valence-electron chi connectivity index (χ4n) is 5.41. The van der Waals surface area contributed by atoms with Gasteiger partial charge < -0.3 is 30.8 Å². The minimum atomic E-state index is -0.447. The second kappa shape index (κ2) is 11.8. The molecule has 0 atom stereocenters. The fraction of sp³-hybridized carbons (Fsp3) is 0.357. The maximum absolute atomic E-state index is 14.9. The number of imidazole rings is 1. The number of nitrogens with two attached hydrogens (primary N) is 2. The number of nitrogen functional groups attached to an aromatic ring is 1. The van der Waals surface area contributed by atoms with E-state index in [9.17, 15) is 14.0 Å². The largest absolute Gasteiger partial charge is 0.492 e. The molecule has 43 heavy (non-hydrogen) atoms. The Balaban J connectivity index is 1.09. The molecule has 5 heterocycles. The molecule has 5 N–H and O–H groups in total. The lowest BCUT2D eigenvalue weighted by atomic mass is 10.2. The summed E-state index contributed by atoms with van der Waals surface area (Å²) in [7, 11) is 1.71. The molecule has 1 aliphatic rings. The van der Waals surface area contributed by atoms with Crippen LogP contribution >= 0.6 is 0 Å². The summed E-state index contributed by atoms with van der Waals surface area (Å²) in [6, 6.07) is 10.3. The molecule has 1 amide bonds. The molecule has 4 aromatic heterocycles. The highest BCUT2D eigenvalue weighted by atomic mass is 19.1. The van der Waals surface area contributed by atoms with Crippen molar-refractivity contribution in [3.05, 3.63) is 59.0 Å². The number of anilines is 2. The second-order valence-corrected chi connectivity index (χ2v) is 10.4. The third-order valence-electron chi connectivity index (χ3n) is 7.60. The number of hydrogen-bond acceptors (Lipinski definition) is 10. The smallest absolute Gasteiger partial charge is 0.330 e. The number of rotatable bonds is 11. The summed E-state index contributed by atoms with van der Waals surface area (Å²) in [5.41, 5.74) is 14.1. The first-order chi connectivity index (χ1) is 20.8. The molecule has 15 heteroatoms. The van der Waals surface area contributed by atoms with Crippen LogP contribution in [0.15, 0.2) is 51.9 Å². The topological polar surface area (TPSA) is 167 Å². The molecule has 0 bridgehead atoms. The van der Waals surface area contributed by atoms with Gasteiger partial charge in [0.05, 0.1) is 24.0 Å². The Morgan fingerprint density at radius 1 is 1.16 bits per heavy atom. The number of aryl methyl sites for hydroxylation is 1. The van der Waals surface area contributed by atoms with E-state index in [0.29, 0.717) is 85.4 Å². The summed E-state index contributed by atoms with van der Waals surface area (Å²) in [4.78, 5) is 32.8. The minimum Gasteiger partial charge on any atom is -0.492 e. The SMILES string of the molecule is Cn1c(=O)n(CCN2CCN(c3ccc(OCCNCC(N)=O)cc3F)CC2)c2nc(N)n3nc(-c4ccco4)cc3c21. The lowest BCUT2D eigenvalue weighted by Crippen LogP contribution is -2.47. The van der Waals surface area contributed by atoms with Crippen LogP contribution in [0.25, 0.3) is 28.1 Å². The predicted octanol–water partition coefficient (Wildman–Crippen LogP) is 0.640. The number of carbonyl (C=O) groups is 1. The summed E-state index contributed by atoms with van der Waals surface area (Å²) in [5, 5.41) is 7.36. The molecule has 226 valence electrons. The van der Waals surface area contributed by atoms with Gasteiger partial charge in [-0.15, -0.1) is 0 Å². The van der Waals surface area contributed by atoms with Crippen molar-refractivity contribution in [2.75, 3.05) is 63.1 Å². The summed E-state index contributed by atoms with van der Waals surface area (Å²) >= 11 is 0. The Hall–Kier alpha value is -4.89.